The third kappa shape index (κ3) is 4.07. The summed E-state index contributed by atoms with van der Waals surface area (Å²) in [6, 6.07) is 3.24. The van der Waals surface area contributed by atoms with Crippen molar-refractivity contribution in [3.05, 3.63) is 33.0 Å². The van der Waals surface area contributed by atoms with Gasteiger partial charge in [-0.15, -0.1) is 0 Å². The summed E-state index contributed by atoms with van der Waals surface area (Å²) in [5, 5.41) is 0.104. The minimum Gasteiger partial charge on any atom is -0.223 e. The molecule has 1 nitrogen and oxygen atoms in total. The normalized spacial score (nSPS) is 12.4. The van der Waals surface area contributed by atoms with E-state index < -0.39 is 5.82 Å². The van der Waals surface area contributed by atoms with Gasteiger partial charge in [-0.05, 0) is 54.7 Å². The third-order valence-corrected chi connectivity index (χ3v) is 3.44. The molecule has 0 aliphatic heterocycles. The van der Waals surface area contributed by atoms with Crippen LogP contribution >= 0.6 is 39.5 Å². The highest BCUT2D eigenvalue weighted by atomic mass is 79.9. The van der Waals surface area contributed by atoms with Crippen molar-refractivity contribution < 1.29 is 4.39 Å². The highest BCUT2D eigenvalue weighted by Gasteiger charge is 2.11. The Balaban J connectivity index is 2.87. The first-order chi connectivity index (χ1) is 7.31. The number of nitrogens with zero attached hydrogens (tertiary/aromatic N) is 1. The van der Waals surface area contributed by atoms with Crippen molar-refractivity contribution in [1.82, 2.24) is 0 Å². The van der Waals surface area contributed by atoms with Crippen LogP contribution in [0.2, 0.25) is 5.02 Å². The van der Waals surface area contributed by atoms with E-state index in [9.17, 15) is 4.39 Å². The molecule has 0 saturated carbocycles. The summed E-state index contributed by atoms with van der Waals surface area (Å²) in [7, 11) is 0. The minimum atomic E-state index is -0.452. The molecule has 0 bridgehead atoms. The third-order valence-electron chi connectivity index (χ3n) is 1.58. The van der Waals surface area contributed by atoms with Crippen molar-refractivity contribution in [2.75, 3.05) is 0 Å². The molecular formula is C11H12BrClFNS. The summed E-state index contributed by atoms with van der Waals surface area (Å²) in [6.07, 6.45) is 1.62. The highest BCUT2D eigenvalue weighted by Crippen LogP contribution is 2.27. The van der Waals surface area contributed by atoms with E-state index in [1.54, 1.807) is 12.3 Å². The number of halogens is 3. The summed E-state index contributed by atoms with van der Waals surface area (Å²) < 4.78 is 18.0. The lowest BCUT2D eigenvalue weighted by atomic mass is 10.2. The molecule has 1 aromatic rings. The average Bonchev–Trinajstić information content (AvgIpc) is 2.16. The molecule has 0 unspecified atom stereocenters. The summed E-state index contributed by atoms with van der Waals surface area (Å²) in [5.41, 5.74) is 0.679. The Morgan fingerprint density at radius 2 is 2.06 bits per heavy atom. The fourth-order valence-corrected chi connectivity index (χ4v) is 2.08. The maximum atomic E-state index is 13.4. The topological polar surface area (TPSA) is 12.4 Å². The molecule has 0 saturated heterocycles. The zero-order valence-corrected chi connectivity index (χ0v) is 12.4. The Morgan fingerprint density at radius 1 is 1.44 bits per heavy atom. The predicted octanol–water partition coefficient (Wildman–Crippen LogP) is 5.11. The molecule has 0 aliphatic rings. The van der Waals surface area contributed by atoms with E-state index in [0.717, 1.165) is 0 Å². The van der Waals surface area contributed by atoms with E-state index in [4.69, 9.17) is 11.6 Å². The van der Waals surface area contributed by atoms with Gasteiger partial charge in [-0.25, -0.2) is 8.79 Å². The number of rotatable bonds is 2. The smallest absolute Gasteiger partial charge is 0.156 e. The first-order valence-corrected chi connectivity index (χ1v) is 6.61. The van der Waals surface area contributed by atoms with E-state index >= 15 is 0 Å². The Morgan fingerprint density at radius 3 is 2.62 bits per heavy atom. The molecule has 0 spiro atoms. The molecule has 0 atom stereocenters. The fourth-order valence-electron chi connectivity index (χ4n) is 0.882. The van der Waals surface area contributed by atoms with Crippen LogP contribution in [0.4, 0.5) is 4.39 Å². The number of hydrogen-bond donors (Lipinski definition) is 0. The monoisotopic (exact) mass is 323 g/mol. The van der Waals surface area contributed by atoms with Gasteiger partial charge in [0.1, 0.15) is 0 Å². The lowest BCUT2D eigenvalue weighted by Gasteiger charge is -2.12. The quantitative estimate of drug-likeness (QED) is 0.418. The molecule has 5 heteroatoms. The molecule has 0 aliphatic carbocycles. The second-order valence-electron chi connectivity index (χ2n) is 4.20. The fraction of sp³-hybridized carbons (Fsp3) is 0.364. The zero-order valence-electron chi connectivity index (χ0n) is 9.22. The maximum Gasteiger partial charge on any atom is 0.156 e. The second-order valence-corrected chi connectivity index (χ2v) is 7.02. The molecular weight excluding hydrogens is 313 g/mol. The van der Waals surface area contributed by atoms with Crippen LogP contribution in [0.3, 0.4) is 0 Å². The number of benzene rings is 1. The summed E-state index contributed by atoms with van der Waals surface area (Å²) in [5.74, 6) is -0.452. The SMILES string of the molecule is CC(C)(C)S/N=C/c1ccc(Cl)c(F)c1Br. The van der Waals surface area contributed by atoms with Crippen molar-refractivity contribution in [2.24, 2.45) is 4.40 Å². The van der Waals surface area contributed by atoms with Crippen molar-refractivity contribution >= 4 is 45.7 Å². The molecule has 1 rings (SSSR count). The van der Waals surface area contributed by atoms with Gasteiger partial charge in [-0.2, -0.15) is 0 Å². The van der Waals surface area contributed by atoms with Gasteiger partial charge in [0.05, 0.1) is 9.50 Å². The molecule has 0 radical (unpaired) electrons. The van der Waals surface area contributed by atoms with Gasteiger partial charge in [0.15, 0.2) is 5.82 Å². The van der Waals surface area contributed by atoms with E-state index in [2.05, 4.69) is 41.1 Å². The van der Waals surface area contributed by atoms with Crippen LogP contribution < -0.4 is 0 Å². The standard InChI is InChI=1S/C11H12BrClFNS/c1-11(2,3)16-15-6-7-4-5-8(13)10(14)9(7)12/h4-6H,1-3H3/b15-6+. The summed E-state index contributed by atoms with van der Waals surface area (Å²) >= 11 is 10.2. The van der Waals surface area contributed by atoms with Gasteiger partial charge < -0.3 is 0 Å². The Bertz CT molecular complexity index is 415. The minimum absolute atomic E-state index is 0.0495. The molecule has 0 N–H and O–H groups in total. The largest absolute Gasteiger partial charge is 0.223 e. The molecule has 0 heterocycles. The highest BCUT2D eigenvalue weighted by molar-refractivity contribution is 9.10. The molecule has 1 aromatic carbocycles. The van der Waals surface area contributed by atoms with Gasteiger partial charge in [-0.3, -0.25) is 0 Å². The lowest BCUT2D eigenvalue weighted by molar-refractivity contribution is 0.621. The Kier molecular flexibility index (Phi) is 4.83. The molecule has 0 aromatic heterocycles. The number of hydrogen-bond acceptors (Lipinski definition) is 2. The molecule has 88 valence electrons. The van der Waals surface area contributed by atoms with Crippen LogP contribution in [-0.4, -0.2) is 11.0 Å². The summed E-state index contributed by atoms with van der Waals surface area (Å²) in [6.45, 7) is 6.19. The van der Waals surface area contributed by atoms with Gasteiger partial charge in [0.2, 0.25) is 0 Å². The zero-order chi connectivity index (χ0) is 12.3. The van der Waals surface area contributed by atoms with Crippen LogP contribution in [0.5, 0.6) is 0 Å². The second kappa shape index (κ2) is 5.52. The van der Waals surface area contributed by atoms with Crippen LogP contribution in [-0.2, 0) is 0 Å². The van der Waals surface area contributed by atoms with Crippen molar-refractivity contribution in [3.63, 3.8) is 0 Å². The van der Waals surface area contributed by atoms with Gasteiger partial charge in [0, 0.05) is 16.5 Å². The molecule has 0 amide bonds. The van der Waals surface area contributed by atoms with Gasteiger partial charge in [-0.1, -0.05) is 17.7 Å². The van der Waals surface area contributed by atoms with Crippen molar-refractivity contribution in [3.8, 4) is 0 Å². The average molecular weight is 325 g/mol. The van der Waals surface area contributed by atoms with Crippen LogP contribution in [0, 0.1) is 5.82 Å². The Labute approximate surface area is 113 Å². The Hall–Kier alpha value is -0.0600. The first-order valence-electron chi connectivity index (χ1n) is 4.66. The van der Waals surface area contributed by atoms with Gasteiger partial charge >= 0.3 is 0 Å². The molecule has 16 heavy (non-hydrogen) atoms. The van der Waals surface area contributed by atoms with E-state index in [0.29, 0.717) is 10.0 Å². The van der Waals surface area contributed by atoms with Crippen molar-refractivity contribution in [1.29, 1.82) is 0 Å². The first kappa shape index (κ1) is 14.0. The van der Waals surface area contributed by atoms with E-state index in [-0.39, 0.29) is 9.77 Å². The predicted molar refractivity (Wildman–Crippen MR) is 74.0 cm³/mol. The van der Waals surface area contributed by atoms with E-state index in [1.165, 1.54) is 18.0 Å². The maximum absolute atomic E-state index is 13.4. The van der Waals surface area contributed by atoms with Crippen LogP contribution in [0.15, 0.2) is 21.0 Å². The van der Waals surface area contributed by atoms with Crippen molar-refractivity contribution in [2.45, 2.75) is 25.5 Å². The van der Waals surface area contributed by atoms with Gasteiger partial charge in [0.25, 0.3) is 0 Å². The molecule has 0 fully saturated rings. The summed E-state index contributed by atoms with van der Waals surface area (Å²) in [4.78, 5) is 0. The van der Waals surface area contributed by atoms with Crippen LogP contribution in [0.1, 0.15) is 26.3 Å². The van der Waals surface area contributed by atoms with Crippen LogP contribution in [0.25, 0.3) is 0 Å². The lowest BCUT2D eigenvalue weighted by Crippen LogP contribution is -2.05. The van der Waals surface area contributed by atoms with E-state index in [1.807, 2.05) is 0 Å².